The monoisotopic (exact) mass is 736 g/mol. The fourth-order valence-corrected chi connectivity index (χ4v) is 23.4. The Kier molecular flexibility index (Phi) is 4.12. The molecule has 53 heavy (non-hydrogen) atoms. The first-order valence-corrected chi connectivity index (χ1v) is 22.6. The Balaban J connectivity index is 1.26. The van der Waals surface area contributed by atoms with Crippen LogP contribution in [-0.4, -0.2) is 22.4 Å². The van der Waals surface area contributed by atoms with E-state index in [0.717, 1.165) is 17.3 Å². The third-order valence-electron chi connectivity index (χ3n) is 13.3. The van der Waals surface area contributed by atoms with Gasteiger partial charge >= 0.3 is 307 Å². The van der Waals surface area contributed by atoms with Crippen LogP contribution in [0.1, 0.15) is 11.1 Å². The van der Waals surface area contributed by atoms with E-state index in [4.69, 9.17) is 4.74 Å². The molecule has 0 aliphatic carbocycles. The maximum absolute atomic E-state index is 7.12. The zero-order chi connectivity index (χ0) is 33.9. The van der Waals surface area contributed by atoms with Gasteiger partial charge in [-0.1, -0.05) is 0 Å². The van der Waals surface area contributed by atoms with E-state index in [2.05, 4.69) is 176 Å². The standard InChI is InChI=1S/C47H26GeN4O/c1-4-15-33-27(11-1)28-12-2-5-16-34(28)48(33)35-17-9-14-30-32-22-24-39-42-45(32)52(43(30)35)46-36(48)18-10-26-50(46)47(42)41-38(53-39)23-21-31-29-13-3-6-19-37(29)51(44(31)41)40-20-7-8-25-49(40)47/h1-26H/q+2. The van der Waals surface area contributed by atoms with Crippen molar-refractivity contribution in [3.63, 3.8) is 0 Å². The third kappa shape index (κ3) is 2.46. The summed E-state index contributed by atoms with van der Waals surface area (Å²) in [5, 5.41) is 5.10. The number of fused-ring (bicyclic) bond motifs is 13. The van der Waals surface area contributed by atoms with Crippen molar-refractivity contribution >= 4 is 74.5 Å². The van der Waals surface area contributed by atoms with Crippen molar-refractivity contribution in [1.82, 2.24) is 9.13 Å². The molecule has 242 valence electrons. The van der Waals surface area contributed by atoms with Crippen LogP contribution < -0.4 is 31.5 Å². The van der Waals surface area contributed by atoms with Crippen molar-refractivity contribution < 1.29 is 13.9 Å². The number of benzene rings is 6. The predicted molar refractivity (Wildman–Crippen MR) is 210 cm³/mol. The van der Waals surface area contributed by atoms with E-state index in [0.29, 0.717) is 0 Å². The zero-order valence-corrected chi connectivity index (χ0v) is 30.3. The first kappa shape index (κ1) is 26.4. The molecule has 0 saturated carbocycles. The van der Waals surface area contributed by atoms with E-state index in [1.807, 2.05) is 0 Å². The van der Waals surface area contributed by atoms with Crippen LogP contribution in [0, 0.1) is 0 Å². The summed E-state index contributed by atoms with van der Waals surface area (Å²) in [5.74, 6) is 4.26. The second-order valence-electron chi connectivity index (χ2n) is 15.2. The second kappa shape index (κ2) is 8.28. The molecule has 6 aromatic carbocycles. The fraction of sp³-hybridized carbons (Fsp3) is 0.0213. The molecule has 0 amide bonds. The van der Waals surface area contributed by atoms with Crippen LogP contribution in [0.15, 0.2) is 158 Å². The number of hydrogen-bond acceptors (Lipinski definition) is 1. The van der Waals surface area contributed by atoms with Gasteiger partial charge in [0.15, 0.2) is 0 Å². The molecule has 1 atom stereocenters. The zero-order valence-electron chi connectivity index (χ0n) is 28.2. The summed E-state index contributed by atoms with van der Waals surface area (Å²) in [6.07, 6.45) is 4.67. The summed E-state index contributed by atoms with van der Waals surface area (Å²) < 4.78 is 23.5. The molecule has 10 aromatic rings. The average Bonchev–Trinajstić information content (AvgIpc) is 3.85. The topological polar surface area (TPSA) is 26.8 Å². The van der Waals surface area contributed by atoms with Gasteiger partial charge in [0.1, 0.15) is 0 Å². The number of pyridine rings is 2. The van der Waals surface area contributed by atoms with Crippen molar-refractivity contribution in [1.29, 1.82) is 0 Å². The second-order valence-corrected chi connectivity index (χ2v) is 22.9. The molecule has 2 spiro atoms. The number of ether oxygens (including phenoxy) is 1. The molecule has 0 bridgehead atoms. The third-order valence-corrected chi connectivity index (χ3v) is 23.6. The van der Waals surface area contributed by atoms with Gasteiger partial charge in [0.05, 0.1) is 0 Å². The molecule has 4 aromatic heterocycles. The summed E-state index contributed by atoms with van der Waals surface area (Å²) in [5.41, 5.74) is 9.47. The Hall–Kier alpha value is -6.44. The molecular formula is C47H26GeN4O+2. The van der Waals surface area contributed by atoms with Crippen molar-refractivity contribution in [3.8, 4) is 34.3 Å². The van der Waals surface area contributed by atoms with Crippen molar-refractivity contribution in [2.75, 3.05) is 0 Å². The van der Waals surface area contributed by atoms with Crippen LogP contribution >= 0.6 is 0 Å². The molecule has 6 heteroatoms. The number of para-hydroxylation sites is 2. The molecule has 0 saturated heterocycles. The molecule has 0 radical (unpaired) electrons. The first-order chi connectivity index (χ1) is 26.3. The van der Waals surface area contributed by atoms with E-state index in [1.165, 1.54) is 89.3 Å². The minimum absolute atomic E-state index is 0.753. The van der Waals surface area contributed by atoms with Gasteiger partial charge in [-0.2, -0.15) is 0 Å². The van der Waals surface area contributed by atoms with Gasteiger partial charge in [0.2, 0.25) is 0 Å². The normalized spacial score (nSPS) is 17.8. The molecule has 5 aliphatic rings. The number of aromatic nitrogens is 4. The van der Waals surface area contributed by atoms with Crippen LogP contribution in [-0.2, 0) is 5.66 Å². The van der Waals surface area contributed by atoms with E-state index in [9.17, 15) is 0 Å². The quantitative estimate of drug-likeness (QED) is 0.136. The summed E-state index contributed by atoms with van der Waals surface area (Å²) in [6, 6.07) is 55.2. The van der Waals surface area contributed by atoms with Crippen LogP contribution in [0.2, 0.25) is 0 Å². The number of nitrogens with zero attached hydrogens (tertiary/aromatic N) is 4. The Labute approximate surface area is 305 Å². The molecule has 0 fully saturated rings. The van der Waals surface area contributed by atoms with E-state index in [-0.39, 0.29) is 0 Å². The Morgan fingerprint density at radius 2 is 1.06 bits per heavy atom. The van der Waals surface area contributed by atoms with Gasteiger partial charge in [0.25, 0.3) is 0 Å². The number of rotatable bonds is 0. The van der Waals surface area contributed by atoms with Gasteiger partial charge in [-0.15, -0.1) is 0 Å². The van der Waals surface area contributed by atoms with E-state index >= 15 is 0 Å². The summed E-state index contributed by atoms with van der Waals surface area (Å²) in [6.45, 7) is 0. The first-order valence-electron chi connectivity index (χ1n) is 18.5. The van der Waals surface area contributed by atoms with E-state index < -0.39 is 18.9 Å². The molecule has 5 nitrogen and oxygen atoms in total. The van der Waals surface area contributed by atoms with E-state index in [1.54, 1.807) is 0 Å². The van der Waals surface area contributed by atoms with Gasteiger partial charge in [-0.25, -0.2) is 0 Å². The average molecular weight is 735 g/mol. The summed E-state index contributed by atoms with van der Waals surface area (Å²) in [4.78, 5) is 0. The Bertz CT molecular complexity index is 3420. The minimum atomic E-state index is -3.62. The van der Waals surface area contributed by atoms with Gasteiger partial charge in [0, 0.05) is 0 Å². The SMILES string of the molecule is c1cc[c]2c(c1)-c1cccc[c]1[Ge]21[c]2ccc[n+]3c2-n2c4[c]1cccc4c1ccc4c(c12)C31c2c(ccc3c5ccccc5n(c23)-c2cccc[n+]21)O4. The molecule has 9 heterocycles. The Morgan fingerprint density at radius 3 is 1.87 bits per heavy atom. The summed E-state index contributed by atoms with van der Waals surface area (Å²) >= 11 is -3.62. The van der Waals surface area contributed by atoms with Crippen LogP contribution in [0.4, 0.5) is 0 Å². The van der Waals surface area contributed by atoms with Crippen molar-refractivity contribution in [3.05, 3.63) is 169 Å². The van der Waals surface area contributed by atoms with Gasteiger partial charge in [-0.05, 0) is 0 Å². The fourth-order valence-electron chi connectivity index (χ4n) is 11.7. The molecule has 15 rings (SSSR count). The summed E-state index contributed by atoms with van der Waals surface area (Å²) in [7, 11) is 0. The van der Waals surface area contributed by atoms with Crippen molar-refractivity contribution in [2.24, 2.45) is 0 Å². The van der Waals surface area contributed by atoms with Crippen LogP contribution in [0.5, 0.6) is 11.5 Å². The van der Waals surface area contributed by atoms with Crippen LogP contribution in [0.3, 0.4) is 0 Å². The van der Waals surface area contributed by atoms with Crippen molar-refractivity contribution in [2.45, 2.75) is 5.66 Å². The van der Waals surface area contributed by atoms with Gasteiger partial charge < -0.3 is 0 Å². The molecule has 1 unspecified atom stereocenters. The molecule has 5 aliphatic heterocycles. The van der Waals surface area contributed by atoms with Gasteiger partial charge in [-0.3, -0.25) is 0 Å². The molecular weight excluding hydrogens is 709 g/mol. The Morgan fingerprint density at radius 1 is 0.453 bits per heavy atom. The number of hydrogen-bond donors (Lipinski definition) is 0. The molecule has 0 N–H and O–H groups in total. The van der Waals surface area contributed by atoms with Crippen LogP contribution in [0.25, 0.3) is 66.4 Å². The maximum atomic E-state index is 7.12. The predicted octanol–water partition coefficient (Wildman–Crippen LogP) is 6.16.